The van der Waals surface area contributed by atoms with Gasteiger partial charge in [0, 0.05) is 22.7 Å². The molecule has 23 heavy (non-hydrogen) atoms. The summed E-state index contributed by atoms with van der Waals surface area (Å²) in [5.74, 6) is -0.616. The molecule has 0 aromatic heterocycles. The van der Waals surface area contributed by atoms with Crippen LogP contribution in [0.4, 0.5) is 8.78 Å². The molecule has 0 spiro atoms. The van der Waals surface area contributed by atoms with Crippen molar-refractivity contribution >= 4 is 17.5 Å². The predicted octanol–water partition coefficient (Wildman–Crippen LogP) is 3.45. The summed E-state index contributed by atoms with van der Waals surface area (Å²) in [6, 6.07) is 9.54. The first-order valence-electron chi connectivity index (χ1n) is 6.71. The minimum atomic E-state index is -2.78. The van der Waals surface area contributed by atoms with E-state index in [0.717, 1.165) is 6.07 Å². The fourth-order valence-electron chi connectivity index (χ4n) is 1.99. The van der Waals surface area contributed by atoms with Gasteiger partial charge in [-0.25, -0.2) is 8.78 Å². The van der Waals surface area contributed by atoms with Crippen LogP contribution in [0.1, 0.15) is 34.0 Å². The molecule has 1 amide bonds. The smallest absolute Gasteiger partial charge is 0.265 e. The second kappa shape index (κ2) is 7.39. The number of phenols is 1. The van der Waals surface area contributed by atoms with Crippen LogP contribution in [0.3, 0.4) is 0 Å². The second-order valence-electron chi connectivity index (χ2n) is 4.86. The lowest BCUT2D eigenvalue weighted by Crippen LogP contribution is -2.28. The van der Waals surface area contributed by atoms with E-state index in [1.807, 2.05) is 0 Å². The first kappa shape index (κ1) is 17.2. The van der Waals surface area contributed by atoms with E-state index in [9.17, 15) is 23.8 Å². The number of alkyl halides is 2. The van der Waals surface area contributed by atoms with Crippen molar-refractivity contribution in [3.05, 3.63) is 64.2 Å². The molecule has 0 radical (unpaired) electrons. The van der Waals surface area contributed by atoms with Gasteiger partial charge in [-0.15, -0.1) is 0 Å². The van der Waals surface area contributed by atoms with Crippen LogP contribution >= 0.6 is 11.6 Å². The molecule has 0 saturated heterocycles. The van der Waals surface area contributed by atoms with Crippen LogP contribution in [-0.2, 0) is 0 Å². The maximum atomic E-state index is 12.8. The Morgan fingerprint density at radius 2 is 1.96 bits per heavy atom. The summed E-state index contributed by atoms with van der Waals surface area (Å²) in [6.07, 6.45) is -3.82. The highest BCUT2D eigenvalue weighted by Gasteiger charge is 2.16. The Hall–Kier alpha value is -2.18. The summed E-state index contributed by atoms with van der Waals surface area (Å²) in [4.78, 5) is 12.0. The zero-order valence-corrected chi connectivity index (χ0v) is 12.6. The molecule has 0 heterocycles. The first-order chi connectivity index (χ1) is 10.9. The number of hydrogen-bond donors (Lipinski definition) is 3. The molecule has 0 fully saturated rings. The van der Waals surface area contributed by atoms with Gasteiger partial charge < -0.3 is 15.5 Å². The van der Waals surface area contributed by atoms with Gasteiger partial charge in [-0.2, -0.15) is 0 Å². The third-order valence-electron chi connectivity index (χ3n) is 3.20. The lowest BCUT2D eigenvalue weighted by molar-refractivity contribution is 0.0915. The van der Waals surface area contributed by atoms with Gasteiger partial charge in [-0.3, -0.25) is 4.79 Å². The maximum Gasteiger partial charge on any atom is 0.265 e. The number of aromatic hydroxyl groups is 1. The zero-order valence-electron chi connectivity index (χ0n) is 11.8. The van der Waals surface area contributed by atoms with E-state index < -0.39 is 24.0 Å². The standard InChI is InChI=1S/C16H14ClF2NO3/c17-13-5-4-10(7-12(13)15(18)19)16(23)20-8-14(22)9-2-1-3-11(21)6-9/h1-7,14-15,21-22H,8H2,(H,20,23). The molecule has 3 N–H and O–H groups in total. The van der Waals surface area contributed by atoms with Crippen molar-refractivity contribution in [1.29, 1.82) is 0 Å². The molecule has 2 aromatic carbocycles. The van der Waals surface area contributed by atoms with Crippen molar-refractivity contribution in [2.75, 3.05) is 6.54 Å². The average Bonchev–Trinajstić information content (AvgIpc) is 2.52. The third-order valence-corrected chi connectivity index (χ3v) is 3.55. The SMILES string of the molecule is O=C(NCC(O)c1cccc(O)c1)c1ccc(Cl)c(C(F)F)c1. The van der Waals surface area contributed by atoms with Crippen LogP contribution in [-0.4, -0.2) is 22.7 Å². The summed E-state index contributed by atoms with van der Waals surface area (Å²) in [5, 5.41) is 21.6. The Bertz CT molecular complexity index is 709. The molecule has 0 saturated carbocycles. The first-order valence-corrected chi connectivity index (χ1v) is 7.09. The summed E-state index contributed by atoms with van der Waals surface area (Å²) >= 11 is 5.64. The van der Waals surface area contributed by atoms with Gasteiger partial charge in [-0.05, 0) is 35.9 Å². The highest BCUT2D eigenvalue weighted by molar-refractivity contribution is 6.31. The van der Waals surface area contributed by atoms with Gasteiger partial charge in [0.1, 0.15) is 5.75 Å². The molecular formula is C16H14ClF2NO3. The van der Waals surface area contributed by atoms with E-state index in [0.29, 0.717) is 5.56 Å². The number of halogens is 3. The molecule has 2 aromatic rings. The molecule has 0 aliphatic heterocycles. The fraction of sp³-hybridized carbons (Fsp3) is 0.188. The zero-order chi connectivity index (χ0) is 17.0. The Kier molecular flexibility index (Phi) is 5.52. The topological polar surface area (TPSA) is 69.6 Å². The van der Waals surface area contributed by atoms with Gasteiger partial charge in [-0.1, -0.05) is 23.7 Å². The number of phenolic OH excluding ortho intramolecular Hbond substituents is 1. The lowest BCUT2D eigenvalue weighted by atomic mass is 10.1. The highest BCUT2D eigenvalue weighted by atomic mass is 35.5. The van der Waals surface area contributed by atoms with E-state index in [1.165, 1.54) is 24.3 Å². The molecule has 0 aliphatic carbocycles. The number of carbonyl (C=O) groups is 1. The van der Waals surface area contributed by atoms with Crippen molar-refractivity contribution in [1.82, 2.24) is 5.32 Å². The number of benzene rings is 2. The van der Waals surface area contributed by atoms with Gasteiger partial charge in [0.15, 0.2) is 0 Å². The van der Waals surface area contributed by atoms with Crippen LogP contribution in [0, 0.1) is 0 Å². The lowest BCUT2D eigenvalue weighted by Gasteiger charge is -2.13. The summed E-state index contributed by atoms with van der Waals surface area (Å²) in [7, 11) is 0. The van der Waals surface area contributed by atoms with Crippen LogP contribution < -0.4 is 5.32 Å². The molecule has 1 atom stereocenters. The molecule has 0 bridgehead atoms. The Morgan fingerprint density at radius 1 is 1.22 bits per heavy atom. The molecule has 4 nitrogen and oxygen atoms in total. The number of hydrogen-bond acceptors (Lipinski definition) is 3. The summed E-state index contributed by atoms with van der Waals surface area (Å²) in [5.41, 5.74) is 0.0235. The monoisotopic (exact) mass is 341 g/mol. The molecule has 122 valence electrons. The summed E-state index contributed by atoms with van der Waals surface area (Å²) in [6.45, 7) is -0.130. The minimum absolute atomic E-state index is 0.00727. The third kappa shape index (κ3) is 4.40. The molecular weight excluding hydrogens is 328 g/mol. The van der Waals surface area contributed by atoms with E-state index in [4.69, 9.17) is 11.6 Å². The number of amides is 1. The van der Waals surface area contributed by atoms with Crippen molar-refractivity contribution < 1.29 is 23.8 Å². The molecule has 2 rings (SSSR count). The van der Waals surface area contributed by atoms with Crippen LogP contribution in [0.15, 0.2) is 42.5 Å². The number of carbonyl (C=O) groups excluding carboxylic acids is 1. The van der Waals surface area contributed by atoms with E-state index in [2.05, 4.69) is 5.32 Å². The van der Waals surface area contributed by atoms with E-state index >= 15 is 0 Å². The van der Waals surface area contributed by atoms with Gasteiger partial charge in [0.2, 0.25) is 0 Å². The molecule has 7 heteroatoms. The van der Waals surface area contributed by atoms with Crippen molar-refractivity contribution in [3.8, 4) is 5.75 Å². The van der Waals surface area contributed by atoms with Crippen molar-refractivity contribution in [2.45, 2.75) is 12.5 Å². The Balaban J connectivity index is 2.03. The predicted molar refractivity (Wildman–Crippen MR) is 81.8 cm³/mol. The van der Waals surface area contributed by atoms with Crippen LogP contribution in [0.25, 0.3) is 0 Å². The second-order valence-corrected chi connectivity index (χ2v) is 5.26. The molecule has 1 unspecified atom stereocenters. The number of nitrogens with one attached hydrogen (secondary N) is 1. The fourth-order valence-corrected chi connectivity index (χ4v) is 2.19. The van der Waals surface area contributed by atoms with Gasteiger partial charge >= 0.3 is 0 Å². The van der Waals surface area contributed by atoms with E-state index in [1.54, 1.807) is 12.1 Å². The Labute approximate surface area is 136 Å². The number of aliphatic hydroxyl groups is 1. The minimum Gasteiger partial charge on any atom is -0.508 e. The number of rotatable bonds is 5. The highest BCUT2D eigenvalue weighted by Crippen LogP contribution is 2.27. The van der Waals surface area contributed by atoms with Gasteiger partial charge in [0.25, 0.3) is 12.3 Å². The van der Waals surface area contributed by atoms with Crippen molar-refractivity contribution in [3.63, 3.8) is 0 Å². The normalized spacial score (nSPS) is 12.2. The largest absolute Gasteiger partial charge is 0.508 e. The van der Waals surface area contributed by atoms with Crippen LogP contribution in [0.2, 0.25) is 5.02 Å². The number of aliphatic hydroxyl groups excluding tert-OH is 1. The summed E-state index contributed by atoms with van der Waals surface area (Å²) < 4.78 is 25.5. The molecule has 0 aliphatic rings. The average molecular weight is 342 g/mol. The van der Waals surface area contributed by atoms with Crippen molar-refractivity contribution in [2.24, 2.45) is 0 Å². The Morgan fingerprint density at radius 3 is 2.61 bits per heavy atom. The quantitative estimate of drug-likeness (QED) is 0.780. The van der Waals surface area contributed by atoms with Crippen LogP contribution in [0.5, 0.6) is 5.75 Å². The van der Waals surface area contributed by atoms with Gasteiger partial charge in [0.05, 0.1) is 6.10 Å². The maximum absolute atomic E-state index is 12.8. The van der Waals surface area contributed by atoms with E-state index in [-0.39, 0.29) is 22.9 Å².